The van der Waals surface area contributed by atoms with Crippen molar-refractivity contribution in [3.8, 4) is 11.4 Å². The van der Waals surface area contributed by atoms with Crippen molar-refractivity contribution >= 4 is 12.6 Å². The summed E-state index contributed by atoms with van der Waals surface area (Å²) in [5, 5.41) is 6.62. The van der Waals surface area contributed by atoms with Crippen molar-refractivity contribution in [2.45, 2.75) is 4.90 Å². The lowest BCUT2D eigenvalue weighted by Gasteiger charge is -1.97. The number of nitrogens with zero attached hydrogens (tertiary/aromatic N) is 2. The lowest BCUT2D eigenvalue weighted by molar-refractivity contribution is 1.09. The van der Waals surface area contributed by atoms with Gasteiger partial charge in [0, 0.05) is 10.5 Å². The maximum absolute atomic E-state index is 4.29. The molecule has 1 aromatic heterocycles. The van der Waals surface area contributed by atoms with Gasteiger partial charge in [0.1, 0.15) is 6.33 Å². The number of H-pyrrole nitrogens is 1. The first-order valence-corrected chi connectivity index (χ1v) is 3.97. The van der Waals surface area contributed by atoms with Crippen LogP contribution in [0, 0.1) is 0 Å². The van der Waals surface area contributed by atoms with Gasteiger partial charge < -0.3 is 0 Å². The van der Waals surface area contributed by atoms with Gasteiger partial charge in [0.25, 0.3) is 0 Å². The van der Waals surface area contributed by atoms with Crippen molar-refractivity contribution in [2.75, 3.05) is 0 Å². The third kappa shape index (κ3) is 1.21. The molecule has 0 amide bonds. The van der Waals surface area contributed by atoms with Crippen LogP contribution in [0.3, 0.4) is 0 Å². The molecule has 0 atom stereocenters. The Morgan fingerprint density at radius 3 is 2.75 bits per heavy atom. The molecule has 0 fully saturated rings. The van der Waals surface area contributed by atoms with Crippen molar-refractivity contribution in [1.82, 2.24) is 15.2 Å². The molecule has 0 aliphatic heterocycles. The fourth-order valence-electron chi connectivity index (χ4n) is 1.00. The molecule has 0 saturated carbocycles. The second-order valence-corrected chi connectivity index (χ2v) is 2.82. The molecule has 2 rings (SSSR count). The van der Waals surface area contributed by atoms with Crippen LogP contribution in [0.1, 0.15) is 0 Å². The van der Waals surface area contributed by atoms with Gasteiger partial charge in [-0.2, -0.15) is 5.10 Å². The lowest BCUT2D eigenvalue weighted by atomic mass is 10.2. The van der Waals surface area contributed by atoms with Crippen molar-refractivity contribution < 1.29 is 0 Å². The number of aromatic nitrogens is 3. The summed E-state index contributed by atoms with van der Waals surface area (Å²) in [5.41, 5.74) is 0.946. The van der Waals surface area contributed by atoms with Crippen LogP contribution in [0.2, 0.25) is 0 Å². The van der Waals surface area contributed by atoms with Gasteiger partial charge in [-0.25, -0.2) is 4.98 Å². The Labute approximate surface area is 75.3 Å². The topological polar surface area (TPSA) is 41.6 Å². The number of hydrogen-bond acceptors (Lipinski definition) is 3. The van der Waals surface area contributed by atoms with Crippen LogP contribution in [0.4, 0.5) is 0 Å². The largest absolute Gasteiger partial charge is 0.265 e. The predicted molar refractivity (Wildman–Crippen MR) is 49.1 cm³/mol. The monoisotopic (exact) mass is 177 g/mol. The van der Waals surface area contributed by atoms with E-state index in [1.807, 2.05) is 24.3 Å². The van der Waals surface area contributed by atoms with Gasteiger partial charge in [-0.15, -0.1) is 12.6 Å². The van der Waals surface area contributed by atoms with E-state index in [0.29, 0.717) is 5.82 Å². The van der Waals surface area contributed by atoms with Gasteiger partial charge in [-0.3, -0.25) is 5.10 Å². The molecule has 0 unspecified atom stereocenters. The summed E-state index contributed by atoms with van der Waals surface area (Å²) in [6, 6.07) is 7.71. The zero-order valence-electron chi connectivity index (χ0n) is 6.23. The van der Waals surface area contributed by atoms with E-state index in [0.717, 1.165) is 10.5 Å². The van der Waals surface area contributed by atoms with Crippen molar-refractivity contribution in [2.24, 2.45) is 0 Å². The highest BCUT2D eigenvalue weighted by Crippen LogP contribution is 2.21. The molecule has 0 radical (unpaired) electrons. The first-order chi connectivity index (χ1) is 5.88. The molecule has 4 heteroatoms. The number of thiol groups is 1. The number of nitrogens with one attached hydrogen (secondary N) is 1. The maximum Gasteiger partial charge on any atom is 0.181 e. The minimum Gasteiger partial charge on any atom is -0.265 e. The minimum atomic E-state index is 0.681. The first kappa shape index (κ1) is 7.36. The second-order valence-electron chi connectivity index (χ2n) is 2.34. The van der Waals surface area contributed by atoms with E-state index in [1.54, 1.807) is 6.33 Å². The van der Waals surface area contributed by atoms with Crippen molar-refractivity contribution in [3.05, 3.63) is 30.6 Å². The highest BCUT2D eigenvalue weighted by atomic mass is 32.1. The van der Waals surface area contributed by atoms with Gasteiger partial charge in [0.15, 0.2) is 5.82 Å². The number of aromatic amines is 1. The molecule has 0 aliphatic rings. The zero-order chi connectivity index (χ0) is 8.39. The molecular formula is C8H7N3S. The quantitative estimate of drug-likeness (QED) is 0.652. The van der Waals surface area contributed by atoms with E-state index in [4.69, 9.17) is 0 Å². The molecule has 2 aromatic rings. The average molecular weight is 177 g/mol. The molecular weight excluding hydrogens is 170 g/mol. The molecule has 12 heavy (non-hydrogen) atoms. The van der Waals surface area contributed by atoms with E-state index < -0.39 is 0 Å². The fraction of sp³-hybridized carbons (Fsp3) is 0. The Balaban J connectivity index is 2.55. The second kappa shape index (κ2) is 2.98. The minimum absolute atomic E-state index is 0.681. The molecule has 0 bridgehead atoms. The Kier molecular flexibility index (Phi) is 1.83. The van der Waals surface area contributed by atoms with E-state index in [2.05, 4.69) is 27.8 Å². The highest BCUT2D eigenvalue weighted by Gasteiger charge is 2.03. The highest BCUT2D eigenvalue weighted by molar-refractivity contribution is 7.80. The zero-order valence-corrected chi connectivity index (χ0v) is 7.12. The summed E-state index contributed by atoms with van der Waals surface area (Å²) < 4.78 is 0. The molecule has 1 N–H and O–H groups in total. The smallest absolute Gasteiger partial charge is 0.181 e. The van der Waals surface area contributed by atoms with Crippen LogP contribution in [-0.4, -0.2) is 15.2 Å². The van der Waals surface area contributed by atoms with Gasteiger partial charge >= 0.3 is 0 Å². The molecule has 0 saturated heterocycles. The summed E-state index contributed by atoms with van der Waals surface area (Å²) in [7, 11) is 0. The van der Waals surface area contributed by atoms with Crippen molar-refractivity contribution in [3.63, 3.8) is 0 Å². The molecule has 1 aromatic carbocycles. The third-order valence-corrected chi connectivity index (χ3v) is 1.95. The van der Waals surface area contributed by atoms with E-state index in [1.165, 1.54) is 0 Å². The molecule has 3 nitrogen and oxygen atoms in total. The maximum atomic E-state index is 4.29. The molecule has 60 valence electrons. The average Bonchev–Trinajstić information content (AvgIpc) is 2.57. The number of rotatable bonds is 1. The molecule has 0 spiro atoms. The van der Waals surface area contributed by atoms with Crippen LogP contribution < -0.4 is 0 Å². The van der Waals surface area contributed by atoms with Crippen LogP contribution in [0.15, 0.2) is 35.5 Å². The number of hydrogen-bond donors (Lipinski definition) is 2. The lowest BCUT2D eigenvalue weighted by Crippen LogP contribution is -1.81. The molecule has 0 aliphatic carbocycles. The first-order valence-electron chi connectivity index (χ1n) is 3.52. The summed E-state index contributed by atoms with van der Waals surface area (Å²) in [6.45, 7) is 0. The van der Waals surface area contributed by atoms with E-state index in [-0.39, 0.29) is 0 Å². The van der Waals surface area contributed by atoms with Crippen LogP contribution in [0.5, 0.6) is 0 Å². The van der Waals surface area contributed by atoms with E-state index >= 15 is 0 Å². The Morgan fingerprint density at radius 1 is 1.25 bits per heavy atom. The Hall–Kier alpha value is -1.29. The predicted octanol–water partition coefficient (Wildman–Crippen LogP) is 1.76. The summed E-state index contributed by atoms with van der Waals surface area (Å²) >= 11 is 4.29. The van der Waals surface area contributed by atoms with Gasteiger partial charge in [-0.05, 0) is 12.1 Å². The SMILES string of the molecule is Sc1ccccc1-c1nc[nH]n1. The fourth-order valence-corrected chi connectivity index (χ4v) is 1.26. The summed E-state index contributed by atoms with van der Waals surface area (Å²) in [5.74, 6) is 0.681. The van der Waals surface area contributed by atoms with Gasteiger partial charge in [-0.1, -0.05) is 12.1 Å². The molecule has 1 heterocycles. The third-order valence-electron chi connectivity index (χ3n) is 1.56. The Morgan fingerprint density at radius 2 is 2.08 bits per heavy atom. The van der Waals surface area contributed by atoms with Gasteiger partial charge in [0.2, 0.25) is 0 Å². The summed E-state index contributed by atoms with van der Waals surface area (Å²) in [6.07, 6.45) is 1.55. The normalized spacial score (nSPS) is 10.1. The summed E-state index contributed by atoms with van der Waals surface area (Å²) in [4.78, 5) is 4.92. The van der Waals surface area contributed by atoms with Gasteiger partial charge in [0.05, 0.1) is 0 Å². The standard InChI is InChI=1S/C8H7N3S/c12-7-4-2-1-3-6(7)8-9-5-10-11-8/h1-5,12H,(H,9,10,11). The van der Waals surface area contributed by atoms with Crippen LogP contribution >= 0.6 is 12.6 Å². The van der Waals surface area contributed by atoms with Crippen molar-refractivity contribution in [1.29, 1.82) is 0 Å². The van der Waals surface area contributed by atoms with E-state index in [9.17, 15) is 0 Å². The number of benzene rings is 1. The Bertz CT molecular complexity index is 370. The van der Waals surface area contributed by atoms with Crippen LogP contribution in [0.25, 0.3) is 11.4 Å². The van der Waals surface area contributed by atoms with Crippen LogP contribution in [-0.2, 0) is 0 Å².